The second-order valence-corrected chi connectivity index (χ2v) is 10.6. The third kappa shape index (κ3) is 4.24. The number of benzene rings is 1. The van der Waals surface area contributed by atoms with Gasteiger partial charge in [0.1, 0.15) is 8.07 Å². The van der Waals surface area contributed by atoms with Gasteiger partial charge < -0.3 is 9.47 Å². The Balaban J connectivity index is 3.21. The van der Waals surface area contributed by atoms with Crippen molar-refractivity contribution in [1.29, 1.82) is 0 Å². The van der Waals surface area contributed by atoms with Gasteiger partial charge in [0.15, 0.2) is 11.5 Å². The highest BCUT2D eigenvalue weighted by molar-refractivity contribution is 14.1. The fraction of sp³-hybridized carbons (Fsp3) is 0.385. The molecule has 1 rings (SSSR count). The van der Waals surface area contributed by atoms with Crippen molar-refractivity contribution in [1.82, 2.24) is 0 Å². The summed E-state index contributed by atoms with van der Waals surface area (Å²) in [7, 11) is 1.93. The maximum absolute atomic E-state index is 5.28. The first-order valence-corrected chi connectivity index (χ1v) is 9.90. The first-order valence-electron chi connectivity index (χ1n) is 5.32. The molecule has 0 unspecified atom stereocenters. The van der Waals surface area contributed by atoms with Gasteiger partial charge in [-0.15, -0.1) is 5.54 Å². The normalized spacial score (nSPS) is 10.5. The van der Waals surface area contributed by atoms with Gasteiger partial charge in [0.25, 0.3) is 0 Å². The summed E-state index contributed by atoms with van der Waals surface area (Å²) in [4.78, 5) is 0. The fourth-order valence-electron chi connectivity index (χ4n) is 1.20. The molecular weight excluding hydrogens is 343 g/mol. The van der Waals surface area contributed by atoms with Crippen LogP contribution in [0.5, 0.6) is 11.5 Å². The van der Waals surface area contributed by atoms with Crippen LogP contribution in [0.4, 0.5) is 0 Å². The molecule has 0 N–H and O–H groups in total. The Morgan fingerprint density at radius 2 is 1.59 bits per heavy atom. The molecule has 1 aromatic rings. The van der Waals surface area contributed by atoms with Crippen molar-refractivity contribution in [3.8, 4) is 23.0 Å². The van der Waals surface area contributed by atoms with E-state index in [0.717, 1.165) is 20.6 Å². The number of ether oxygens (including phenoxy) is 2. The largest absolute Gasteiger partial charge is 0.493 e. The van der Waals surface area contributed by atoms with Gasteiger partial charge >= 0.3 is 0 Å². The average molecular weight is 360 g/mol. The number of methoxy groups -OCH3 is 2. The van der Waals surface area contributed by atoms with E-state index in [0.29, 0.717) is 0 Å². The minimum absolute atomic E-state index is 0.729. The summed E-state index contributed by atoms with van der Waals surface area (Å²) in [5.41, 5.74) is 4.36. The summed E-state index contributed by atoms with van der Waals surface area (Å²) < 4.78 is 11.6. The van der Waals surface area contributed by atoms with E-state index in [1.165, 1.54) is 0 Å². The molecule has 0 radical (unpaired) electrons. The lowest BCUT2D eigenvalue weighted by molar-refractivity contribution is 0.354. The zero-order valence-electron chi connectivity index (χ0n) is 10.8. The second-order valence-electron chi connectivity index (χ2n) is 4.69. The molecule has 0 aliphatic heterocycles. The molecule has 0 saturated carbocycles. The quantitative estimate of drug-likeness (QED) is 0.456. The molecule has 0 atom stereocenters. The Kier molecular flexibility index (Phi) is 4.89. The van der Waals surface area contributed by atoms with Gasteiger partial charge in [-0.25, -0.2) is 0 Å². The Morgan fingerprint density at radius 3 is 2.06 bits per heavy atom. The average Bonchev–Trinajstić information content (AvgIpc) is 2.25. The fourth-order valence-corrected chi connectivity index (χ4v) is 2.29. The minimum atomic E-state index is -1.35. The predicted octanol–water partition coefficient (Wildman–Crippen LogP) is 3.54. The lowest BCUT2D eigenvalue weighted by Gasteiger charge is -2.09. The van der Waals surface area contributed by atoms with Crippen LogP contribution in [0.2, 0.25) is 19.6 Å². The van der Waals surface area contributed by atoms with E-state index in [2.05, 4.69) is 53.7 Å². The third-order valence-electron chi connectivity index (χ3n) is 2.05. The zero-order valence-corrected chi connectivity index (χ0v) is 14.0. The molecule has 0 heterocycles. The van der Waals surface area contributed by atoms with Crippen molar-refractivity contribution >= 4 is 30.7 Å². The molecule has 0 aromatic heterocycles. The van der Waals surface area contributed by atoms with Crippen molar-refractivity contribution in [2.45, 2.75) is 19.6 Å². The van der Waals surface area contributed by atoms with Crippen LogP contribution >= 0.6 is 22.6 Å². The van der Waals surface area contributed by atoms with E-state index in [1.807, 2.05) is 12.1 Å². The summed E-state index contributed by atoms with van der Waals surface area (Å²) in [6.07, 6.45) is 0. The maximum Gasteiger partial charge on any atom is 0.162 e. The van der Waals surface area contributed by atoms with E-state index < -0.39 is 8.07 Å². The molecule has 17 heavy (non-hydrogen) atoms. The molecule has 0 amide bonds. The highest BCUT2D eigenvalue weighted by Gasteiger charge is 2.10. The van der Waals surface area contributed by atoms with Gasteiger partial charge in [0, 0.05) is 15.2 Å². The molecule has 92 valence electrons. The van der Waals surface area contributed by atoms with Gasteiger partial charge in [-0.3, -0.25) is 0 Å². The van der Waals surface area contributed by atoms with Gasteiger partial charge in [0.2, 0.25) is 0 Å². The lowest BCUT2D eigenvalue weighted by atomic mass is 10.2. The summed E-state index contributed by atoms with van der Waals surface area (Å²) >= 11 is 2.27. The lowest BCUT2D eigenvalue weighted by Crippen LogP contribution is -2.16. The first kappa shape index (κ1) is 14.4. The van der Waals surface area contributed by atoms with E-state index in [-0.39, 0.29) is 0 Å². The summed E-state index contributed by atoms with van der Waals surface area (Å²) in [5.74, 6) is 4.72. The number of halogens is 1. The highest BCUT2D eigenvalue weighted by atomic mass is 127. The van der Waals surface area contributed by atoms with Crippen LogP contribution < -0.4 is 9.47 Å². The van der Waals surface area contributed by atoms with Gasteiger partial charge in [-0.1, -0.05) is 25.6 Å². The van der Waals surface area contributed by atoms with E-state index in [9.17, 15) is 0 Å². The predicted molar refractivity (Wildman–Crippen MR) is 82.5 cm³/mol. The van der Waals surface area contributed by atoms with Gasteiger partial charge in [-0.05, 0) is 28.7 Å². The van der Waals surface area contributed by atoms with Gasteiger partial charge in [-0.2, -0.15) is 0 Å². The van der Waals surface area contributed by atoms with Crippen molar-refractivity contribution in [3.05, 3.63) is 21.3 Å². The van der Waals surface area contributed by atoms with Crippen molar-refractivity contribution < 1.29 is 9.47 Å². The number of hydrogen-bond donors (Lipinski definition) is 0. The van der Waals surface area contributed by atoms with Gasteiger partial charge in [0.05, 0.1) is 14.2 Å². The molecule has 0 aliphatic rings. The van der Waals surface area contributed by atoms with E-state index >= 15 is 0 Å². The Morgan fingerprint density at radius 1 is 1.06 bits per heavy atom. The van der Waals surface area contributed by atoms with Crippen molar-refractivity contribution in [2.24, 2.45) is 0 Å². The smallest absolute Gasteiger partial charge is 0.162 e. The molecule has 0 aliphatic carbocycles. The molecule has 0 saturated heterocycles. The first-order chi connectivity index (χ1) is 7.87. The number of hydrogen-bond acceptors (Lipinski definition) is 2. The Hall–Kier alpha value is -0.673. The molecule has 1 aromatic carbocycles. The monoisotopic (exact) mass is 360 g/mol. The van der Waals surface area contributed by atoms with Crippen molar-refractivity contribution in [2.75, 3.05) is 14.2 Å². The Labute approximate surface area is 118 Å². The zero-order chi connectivity index (χ0) is 13.1. The molecule has 0 fully saturated rings. The van der Waals surface area contributed by atoms with Crippen LogP contribution in [0.15, 0.2) is 12.1 Å². The van der Waals surface area contributed by atoms with Crippen LogP contribution in [0.1, 0.15) is 5.56 Å². The minimum Gasteiger partial charge on any atom is -0.493 e. The topological polar surface area (TPSA) is 18.5 Å². The highest BCUT2D eigenvalue weighted by Crippen LogP contribution is 2.30. The van der Waals surface area contributed by atoms with Crippen LogP contribution in [0, 0.1) is 15.0 Å². The van der Waals surface area contributed by atoms with Crippen LogP contribution in [-0.2, 0) is 0 Å². The SMILES string of the molecule is COc1cc(I)c(C#C[Si](C)(C)C)cc1OC. The van der Waals surface area contributed by atoms with Crippen LogP contribution in [0.25, 0.3) is 0 Å². The molecule has 0 bridgehead atoms. The molecule has 4 heteroatoms. The van der Waals surface area contributed by atoms with Crippen LogP contribution in [0.3, 0.4) is 0 Å². The summed E-state index contributed by atoms with van der Waals surface area (Å²) in [5, 5.41) is 0. The van der Waals surface area contributed by atoms with E-state index in [4.69, 9.17) is 9.47 Å². The summed E-state index contributed by atoms with van der Waals surface area (Å²) in [6.45, 7) is 6.69. The van der Waals surface area contributed by atoms with Crippen molar-refractivity contribution in [3.63, 3.8) is 0 Å². The molecule has 0 spiro atoms. The standard InChI is InChI=1S/C13H17IO2Si/c1-15-12-8-10(6-7-17(3,4)5)11(14)9-13(12)16-2/h8-9H,1-5H3. The maximum atomic E-state index is 5.28. The molecular formula is C13H17IO2Si. The third-order valence-corrected chi connectivity index (χ3v) is 3.81. The Bertz CT molecular complexity index is 467. The second kappa shape index (κ2) is 5.78. The molecule has 2 nitrogen and oxygen atoms in total. The summed E-state index contributed by atoms with van der Waals surface area (Å²) in [6, 6.07) is 3.89. The van der Waals surface area contributed by atoms with Crippen LogP contribution in [-0.4, -0.2) is 22.3 Å². The number of rotatable bonds is 2. The van der Waals surface area contributed by atoms with E-state index in [1.54, 1.807) is 14.2 Å².